The summed E-state index contributed by atoms with van der Waals surface area (Å²) in [6, 6.07) is 5.60. The predicted molar refractivity (Wildman–Crippen MR) is 63.9 cm³/mol. The summed E-state index contributed by atoms with van der Waals surface area (Å²) >= 11 is 0. The number of anilines is 1. The number of aryl methyl sites for hydroxylation is 1. The van der Waals surface area contributed by atoms with E-state index in [4.69, 9.17) is 5.73 Å². The van der Waals surface area contributed by atoms with Gasteiger partial charge in [0.2, 0.25) is 0 Å². The van der Waals surface area contributed by atoms with Crippen molar-refractivity contribution in [1.29, 1.82) is 0 Å². The molecule has 0 aromatic heterocycles. The first-order valence-electron chi connectivity index (χ1n) is 5.33. The van der Waals surface area contributed by atoms with E-state index < -0.39 is 0 Å². The molecule has 0 aliphatic rings. The number of carbonyl (C=O) groups is 1. The summed E-state index contributed by atoms with van der Waals surface area (Å²) in [7, 11) is 0. The van der Waals surface area contributed by atoms with Gasteiger partial charge in [0.1, 0.15) is 0 Å². The standard InChI is InChI=1S/C13H19NO/c1-8(2)10(4)13(15)11-7-9(3)5-6-12(11)14/h5-8,10H,14H2,1-4H3. The van der Waals surface area contributed by atoms with Gasteiger partial charge >= 0.3 is 0 Å². The molecular weight excluding hydrogens is 186 g/mol. The van der Waals surface area contributed by atoms with Crippen LogP contribution in [0.2, 0.25) is 0 Å². The predicted octanol–water partition coefficient (Wildman–Crippen LogP) is 3.05. The second-order valence-corrected chi connectivity index (χ2v) is 4.49. The van der Waals surface area contributed by atoms with Crippen LogP contribution in [0.15, 0.2) is 18.2 Å². The molecule has 1 aromatic carbocycles. The summed E-state index contributed by atoms with van der Waals surface area (Å²) in [5, 5.41) is 0. The van der Waals surface area contributed by atoms with E-state index in [1.165, 1.54) is 0 Å². The molecule has 82 valence electrons. The van der Waals surface area contributed by atoms with Gasteiger partial charge in [-0.05, 0) is 25.0 Å². The first-order valence-corrected chi connectivity index (χ1v) is 5.33. The van der Waals surface area contributed by atoms with Crippen LogP contribution in [-0.2, 0) is 0 Å². The third kappa shape index (κ3) is 2.58. The van der Waals surface area contributed by atoms with Crippen molar-refractivity contribution in [3.8, 4) is 0 Å². The lowest BCUT2D eigenvalue weighted by Crippen LogP contribution is -2.18. The molecule has 0 amide bonds. The van der Waals surface area contributed by atoms with E-state index in [1.54, 1.807) is 6.07 Å². The smallest absolute Gasteiger partial charge is 0.167 e. The van der Waals surface area contributed by atoms with Crippen molar-refractivity contribution in [3.05, 3.63) is 29.3 Å². The van der Waals surface area contributed by atoms with Crippen LogP contribution in [0.3, 0.4) is 0 Å². The third-order valence-electron chi connectivity index (χ3n) is 2.89. The minimum atomic E-state index is 0.0223. The molecule has 0 aliphatic heterocycles. The van der Waals surface area contributed by atoms with E-state index in [2.05, 4.69) is 13.8 Å². The molecule has 0 spiro atoms. The van der Waals surface area contributed by atoms with Crippen molar-refractivity contribution in [2.24, 2.45) is 11.8 Å². The molecule has 2 N–H and O–H groups in total. The fourth-order valence-electron chi connectivity index (χ4n) is 1.43. The van der Waals surface area contributed by atoms with Gasteiger partial charge in [-0.1, -0.05) is 32.4 Å². The van der Waals surface area contributed by atoms with Gasteiger partial charge in [0.25, 0.3) is 0 Å². The highest BCUT2D eigenvalue weighted by molar-refractivity contribution is 6.02. The lowest BCUT2D eigenvalue weighted by molar-refractivity contribution is 0.0900. The van der Waals surface area contributed by atoms with Gasteiger partial charge in [-0.15, -0.1) is 0 Å². The maximum atomic E-state index is 12.1. The van der Waals surface area contributed by atoms with Crippen molar-refractivity contribution in [2.45, 2.75) is 27.7 Å². The van der Waals surface area contributed by atoms with Crippen molar-refractivity contribution >= 4 is 11.5 Å². The number of Topliss-reactive ketones (excluding diaryl/α,β-unsaturated/α-hetero) is 1. The van der Waals surface area contributed by atoms with Crippen molar-refractivity contribution in [2.75, 3.05) is 5.73 Å². The van der Waals surface area contributed by atoms with E-state index in [1.807, 2.05) is 26.0 Å². The van der Waals surface area contributed by atoms with Crippen LogP contribution in [0.25, 0.3) is 0 Å². The number of ketones is 1. The Balaban J connectivity index is 3.05. The van der Waals surface area contributed by atoms with Gasteiger partial charge in [-0.2, -0.15) is 0 Å². The number of hydrogen-bond donors (Lipinski definition) is 1. The van der Waals surface area contributed by atoms with E-state index in [9.17, 15) is 4.79 Å². The quantitative estimate of drug-likeness (QED) is 0.608. The van der Waals surface area contributed by atoms with Gasteiger partial charge in [-0.25, -0.2) is 0 Å². The minimum Gasteiger partial charge on any atom is -0.398 e. The normalized spacial score (nSPS) is 12.9. The summed E-state index contributed by atoms with van der Waals surface area (Å²) in [5.74, 6) is 0.512. The molecule has 0 fully saturated rings. The number of rotatable bonds is 3. The number of benzene rings is 1. The Morgan fingerprint density at radius 2 is 1.87 bits per heavy atom. The zero-order valence-electron chi connectivity index (χ0n) is 9.87. The zero-order valence-corrected chi connectivity index (χ0v) is 9.87. The van der Waals surface area contributed by atoms with E-state index >= 15 is 0 Å². The van der Waals surface area contributed by atoms with E-state index in [0.29, 0.717) is 17.2 Å². The molecule has 0 bridgehead atoms. The number of nitrogens with two attached hydrogens (primary N) is 1. The minimum absolute atomic E-state index is 0.0223. The molecule has 1 unspecified atom stereocenters. The van der Waals surface area contributed by atoms with Crippen LogP contribution in [0, 0.1) is 18.8 Å². The monoisotopic (exact) mass is 205 g/mol. The fraction of sp³-hybridized carbons (Fsp3) is 0.462. The SMILES string of the molecule is Cc1ccc(N)c(C(=O)C(C)C(C)C)c1. The van der Waals surface area contributed by atoms with Gasteiger partial charge in [0, 0.05) is 17.2 Å². The Bertz CT molecular complexity index is 369. The first kappa shape index (κ1) is 11.8. The average molecular weight is 205 g/mol. The van der Waals surface area contributed by atoms with Crippen molar-refractivity contribution < 1.29 is 4.79 Å². The molecular formula is C13H19NO. The zero-order chi connectivity index (χ0) is 11.6. The number of carbonyl (C=O) groups excluding carboxylic acids is 1. The molecule has 2 heteroatoms. The molecule has 0 radical (unpaired) electrons. The molecule has 1 atom stereocenters. The van der Waals surface area contributed by atoms with Gasteiger partial charge in [0.05, 0.1) is 0 Å². The lowest BCUT2D eigenvalue weighted by atomic mass is 9.88. The molecule has 0 saturated heterocycles. The molecule has 0 saturated carbocycles. The molecule has 1 rings (SSSR count). The molecule has 0 heterocycles. The van der Waals surface area contributed by atoms with E-state index in [-0.39, 0.29) is 11.7 Å². The highest BCUT2D eigenvalue weighted by Crippen LogP contribution is 2.21. The number of nitrogen functional groups attached to an aromatic ring is 1. The Labute approximate surface area is 91.5 Å². The maximum absolute atomic E-state index is 12.1. The summed E-state index contributed by atoms with van der Waals surface area (Å²) in [6.45, 7) is 8.02. The van der Waals surface area contributed by atoms with E-state index in [0.717, 1.165) is 5.56 Å². The fourth-order valence-corrected chi connectivity index (χ4v) is 1.43. The van der Waals surface area contributed by atoms with Crippen molar-refractivity contribution in [3.63, 3.8) is 0 Å². The van der Waals surface area contributed by atoms with Crippen LogP contribution in [-0.4, -0.2) is 5.78 Å². The topological polar surface area (TPSA) is 43.1 Å². The summed E-state index contributed by atoms with van der Waals surface area (Å²) < 4.78 is 0. The maximum Gasteiger partial charge on any atom is 0.167 e. The Morgan fingerprint density at radius 3 is 2.40 bits per heavy atom. The highest BCUT2D eigenvalue weighted by Gasteiger charge is 2.20. The van der Waals surface area contributed by atoms with Crippen molar-refractivity contribution in [1.82, 2.24) is 0 Å². The Hall–Kier alpha value is -1.31. The second kappa shape index (κ2) is 4.47. The highest BCUT2D eigenvalue weighted by atomic mass is 16.1. The summed E-state index contributed by atoms with van der Waals surface area (Å²) in [5.41, 5.74) is 8.12. The average Bonchev–Trinajstić information content (AvgIpc) is 2.19. The molecule has 0 aliphatic carbocycles. The molecule has 2 nitrogen and oxygen atoms in total. The van der Waals surface area contributed by atoms with Crippen LogP contribution in [0.5, 0.6) is 0 Å². The van der Waals surface area contributed by atoms with Crippen LogP contribution < -0.4 is 5.73 Å². The summed E-state index contributed by atoms with van der Waals surface area (Å²) in [4.78, 5) is 12.1. The second-order valence-electron chi connectivity index (χ2n) is 4.49. The van der Waals surface area contributed by atoms with Gasteiger partial charge < -0.3 is 5.73 Å². The van der Waals surface area contributed by atoms with Crippen LogP contribution in [0.4, 0.5) is 5.69 Å². The van der Waals surface area contributed by atoms with Crippen LogP contribution in [0.1, 0.15) is 36.7 Å². The Morgan fingerprint density at radius 1 is 1.27 bits per heavy atom. The Kier molecular flexibility index (Phi) is 3.51. The molecule has 1 aromatic rings. The largest absolute Gasteiger partial charge is 0.398 e. The first-order chi connectivity index (χ1) is 6.93. The van der Waals surface area contributed by atoms with Crippen LogP contribution >= 0.6 is 0 Å². The lowest BCUT2D eigenvalue weighted by Gasteiger charge is -2.15. The number of hydrogen-bond acceptors (Lipinski definition) is 2. The van der Waals surface area contributed by atoms with Gasteiger partial charge in [-0.3, -0.25) is 4.79 Å². The summed E-state index contributed by atoms with van der Waals surface area (Å²) in [6.07, 6.45) is 0. The molecule has 15 heavy (non-hydrogen) atoms. The third-order valence-corrected chi connectivity index (χ3v) is 2.89. The van der Waals surface area contributed by atoms with Gasteiger partial charge in [0.15, 0.2) is 5.78 Å².